The van der Waals surface area contributed by atoms with Crippen molar-refractivity contribution in [1.82, 2.24) is 4.90 Å². The zero-order chi connectivity index (χ0) is 11.6. The highest BCUT2D eigenvalue weighted by Gasteiger charge is 2.30. The van der Waals surface area contributed by atoms with Crippen molar-refractivity contribution >= 4 is 0 Å². The van der Waals surface area contributed by atoms with Crippen molar-refractivity contribution in [2.75, 3.05) is 13.1 Å². The molecule has 1 rings (SSSR count). The third-order valence-electron chi connectivity index (χ3n) is 3.91. The average molecular weight is 212 g/mol. The van der Waals surface area contributed by atoms with Crippen LogP contribution in [0.5, 0.6) is 0 Å². The monoisotopic (exact) mass is 212 g/mol. The predicted octanol–water partition coefficient (Wildman–Crippen LogP) is 2.48. The number of likely N-dealkylation sites (tertiary alicyclic amines) is 1. The lowest BCUT2D eigenvalue weighted by atomic mass is 9.86. The lowest BCUT2D eigenvalue weighted by Crippen LogP contribution is -2.52. The molecule has 1 fully saturated rings. The van der Waals surface area contributed by atoms with E-state index in [9.17, 15) is 0 Å². The van der Waals surface area contributed by atoms with Gasteiger partial charge in [0.2, 0.25) is 0 Å². The molecule has 0 spiro atoms. The van der Waals surface area contributed by atoms with Gasteiger partial charge in [0.05, 0.1) is 0 Å². The van der Waals surface area contributed by atoms with Gasteiger partial charge in [0.15, 0.2) is 0 Å². The van der Waals surface area contributed by atoms with Crippen LogP contribution in [0.15, 0.2) is 0 Å². The van der Waals surface area contributed by atoms with Crippen LogP contribution < -0.4 is 5.73 Å². The summed E-state index contributed by atoms with van der Waals surface area (Å²) in [6.07, 6.45) is 2.44. The Hall–Kier alpha value is -0.0800. The number of hydrogen-bond donors (Lipinski definition) is 1. The van der Waals surface area contributed by atoms with Crippen molar-refractivity contribution in [3.8, 4) is 0 Å². The molecular weight excluding hydrogens is 184 g/mol. The van der Waals surface area contributed by atoms with Crippen LogP contribution in [0, 0.1) is 11.3 Å². The van der Waals surface area contributed by atoms with Gasteiger partial charge in [-0.2, -0.15) is 0 Å². The third kappa shape index (κ3) is 3.76. The summed E-state index contributed by atoms with van der Waals surface area (Å²) in [5.41, 5.74) is 6.53. The highest BCUT2D eigenvalue weighted by atomic mass is 15.2. The molecule has 1 aliphatic heterocycles. The van der Waals surface area contributed by atoms with Crippen molar-refractivity contribution < 1.29 is 0 Å². The van der Waals surface area contributed by atoms with Crippen molar-refractivity contribution in [1.29, 1.82) is 0 Å². The summed E-state index contributed by atoms with van der Waals surface area (Å²) in [5.74, 6) is 0.638. The van der Waals surface area contributed by atoms with E-state index >= 15 is 0 Å². The molecule has 1 heterocycles. The summed E-state index contributed by atoms with van der Waals surface area (Å²) in [6.45, 7) is 14.0. The van der Waals surface area contributed by atoms with Gasteiger partial charge in [0, 0.05) is 12.1 Å². The third-order valence-corrected chi connectivity index (χ3v) is 3.91. The van der Waals surface area contributed by atoms with Crippen LogP contribution in [-0.2, 0) is 0 Å². The molecule has 0 aliphatic carbocycles. The molecule has 2 N–H and O–H groups in total. The van der Waals surface area contributed by atoms with Gasteiger partial charge >= 0.3 is 0 Å². The Labute approximate surface area is 95.2 Å². The minimum atomic E-state index is 0.408. The molecule has 2 heteroatoms. The van der Waals surface area contributed by atoms with E-state index in [0.717, 1.165) is 6.42 Å². The van der Waals surface area contributed by atoms with Crippen LogP contribution in [0.3, 0.4) is 0 Å². The van der Waals surface area contributed by atoms with Gasteiger partial charge in [-0.15, -0.1) is 0 Å². The van der Waals surface area contributed by atoms with Crippen LogP contribution in [0.4, 0.5) is 0 Å². The normalized spacial score (nSPS) is 34.4. The number of piperidine rings is 1. The summed E-state index contributed by atoms with van der Waals surface area (Å²) in [5, 5.41) is 0. The molecule has 0 aromatic heterocycles. The molecule has 15 heavy (non-hydrogen) atoms. The largest absolute Gasteiger partial charge is 0.327 e. The first-order valence-electron chi connectivity index (χ1n) is 6.31. The van der Waals surface area contributed by atoms with Crippen molar-refractivity contribution in [3.05, 3.63) is 0 Å². The van der Waals surface area contributed by atoms with Crippen LogP contribution in [0.1, 0.15) is 47.5 Å². The molecule has 0 aromatic rings. The van der Waals surface area contributed by atoms with E-state index in [1.165, 1.54) is 19.5 Å². The summed E-state index contributed by atoms with van der Waals surface area (Å²) in [4.78, 5) is 2.61. The SMILES string of the molecule is CC1C(N)CCN(CCC(C)(C)C)C1C. The first kappa shape index (κ1) is 13.0. The van der Waals surface area contributed by atoms with E-state index in [1.54, 1.807) is 0 Å². The van der Waals surface area contributed by atoms with Crippen LogP contribution in [-0.4, -0.2) is 30.1 Å². The highest BCUT2D eigenvalue weighted by molar-refractivity contribution is 4.87. The zero-order valence-electron chi connectivity index (χ0n) is 11.1. The molecule has 0 bridgehead atoms. The Morgan fingerprint density at radius 2 is 1.87 bits per heavy atom. The quantitative estimate of drug-likeness (QED) is 0.762. The van der Waals surface area contributed by atoms with Gasteiger partial charge in [-0.1, -0.05) is 27.7 Å². The Morgan fingerprint density at radius 3 is 2.40 bits per heavy atom. The summed E-state index contributed by atoms with van der Waals surface area (Å²) in [7, 11) is 0. The number of nitrogens with zero attached hydrogens (tertiary/aromatic N) is 1. The Kier molecular flexibility index (Phi) is 4.19. The molecule has 0 aromatic carbocycles. The topological polar surface area (TPSA) is 29.3 Å². The molecule has 3 atom stereocenters. The van der Waals surface area contributed by atoms with E-state index in [2.05, 4.69) is 39.5 Å². The van der Waals surface area contributed by atoms with Crippen LogP contribution in [0.2, 0.25) is 0 Å². The van der Waals surface area contributed by atoms with Gasteiger partial charge in [-0.3, -0.25) is 0 Å². The fourth-order valence-corrected chi connectivity index (χ4v) is 2.27. The fraction of sp³-hybridized carbons (Fsp3) is 1.00. The molecule has 90 valence electrons. The maximum absolute atomic E-state index is 6.09. The molecule has 1 saturated heterocycles. The second-order valence-electron chi connectivity index (χ2n) is 6.40. The maximum atomic E-state index is 6.09. The molecule has 0 amide bonds. The zero-order valence-corrected chi connectivity index (χ0v) is 11.1. The molecule has 0 radical (unpaired) electrons. The number of hydrogen-bond acceptors (Lipinski definition) is 2. The van der Waals surface area contributed by atoms with Gasteiger partial charge in [0.25, 0.3) is 0 Å². The van der Waals surface area contributed by atoms with E-state index in [0.29, 0.717) is 23.4 Å². The van der Waals surface area contributed by atoms with Gasteiger partial charge in [-0.25, -0.2) is 0 Å². The van der Waals surface area contributed by atoms with Crippen molar-refractivity contribution in [3.63, 3.8) is 0 Å². The first-order valence-corrected chi connectivity index (χ1v) is 6.31. The van der Waals surface area contributed by atoms with E-state index < -0.39 is 0 Å². The van der Waals surface area contributed by atoms with E-state index in [-0.39, 0.29) is 0 Å². The van der Waals surface area contributed by atoms with Gasteiger partial charge in [-0.05, 0) is 44.2 Å². The lowest BCUT2D eigenvalue weighted by molar-refractivity contribution is 0.0864. The van der Waals surface area contributed by atoms with Crippen molar-refractivity contribution in [2.45, 2.75) is 59.5 Å². The Bertz CT molecular complexity index is 195. The lowest BCUT2D eigenvalue weighted by Gasteiger charge is -2.42. The molecule has 2 nitrogen and oxygen atoms in total. The molecular formula is C13H28N2. The summed E-state index contributed by atoms with van der Waals surface area (Å²) >= 11 is 0. The van der Waals surface area contributed by atoms with E-state index in [1.807, 2.05) is 0 Å². The van der Waals surface area contributed by atoms with Crippen LogP contribution in [0.25, 0.3) is 0 Å². The highest BCUT2D eigenvalue weighted by Crippen LogP contribution is 2.25. The average Bonchev–Trinajstić information content (AvgIpc) is 2.12. The minimum absolute atomic E-state index is 0.408. The smallest absolute Gasteiger partial charge is 0.0107 e. The second kappa shape index (κ2) is 4.84. The Balaban J connectivity index is 2.43. The fourth-order valence-electron chi connectivity index (χ4n) is 2.27. The van der Waals surface area contributed by atoms with Gasteiger partial charge in [0.1, 0.15) is 0 Å². The number of rotatable bonds is 2. The first-order chi connectivity index (χ1) is 6.81. The van der Waals surface area contributed by atoms with Gasteiger partial charge < -0.3 is 10.6 Å². The van der Waals surface area contributed by atoms with Crippen molar-refractivity contribution in [2.24, 2.45) is 17.1 Å². The number of nitrogens with two attached hydrogens (primary N) is 1. The second-order valence-corrected chi connectivity index (χ2v) is 6.40. The predicted molar refractivity (Wildman–Crippen MR) is 66.9 cm³/mol. The molecule has 1 aliphatic rings. The summed E-state index contributed by atoms with van der Waals surface area (Å²) in [6, 6.07) is 1.06. The van der Waals surface area contributed by atoms with E-state index in [4.69, 9.17) is 5.73 Å². The molecule has 0 saturated carbocycles. The van der Waals surface area contributed by atoms with Crippen LogP contribution >= 0.6 is 0 Å². The summed E-state index contributed by atoms with van der Waals surface area (Å²) < 4.78 is 0. The minimum Gasteiger partial charge on any atom is -0.327 e. The Morgan fingerprint density at radius 1 is 1.27 bits per heavy atom. The maximum Gasteiger partial charge on any atom is 0.0107 e. The molecule has 3 unspecified atom stereocenters. The standard InChI is InChI=1S/C13H28N2/c1-10-11(2)15(8-6-12(10)14)9-7-13(3,4)5/h10-12H,6-9,14H2,1-5H3.